The van der Waals surface area contributed by atoms with Crippen LogP contribution < -0.4 is 5.32 Å². The lowest BCUT2D eigenvalue weighted by Crippen LogP contribution is -2.45. The second kappa shape index (κ2) is 69.1. The summed E-state index contributed by atoms with van der Waals surface area (Å²) in [6, 6.07) is -0.538. The van der Waals surface area contributed by atoms with Crippen LogP contribution in [0.3, 0.4) is 0 Å². The number of nitrogens with one attached hydrogen (secondary N) is 1. The monoisotopic (exact) mass is 1110 g/mol. The van der Waals surface area contributed by atoms with E-state index in [1.54, 1.807) is 0 Å². The Morgan fingerprint density at radius 1 is 0.342 bits per heavy atom. The van der Waals surface area contributed by atoms with E-state index in [1.165, 1.54) is 340 Å². The predicted octanol–water partition coefficient (Wildman–Crippen LogP) is 23.5. The summed E-state index contributed by atoms with van der Waals surface area (Å²) in [7, 11) is 0. The smallest absolute Gasteiger partial charge is 0.305 e. The van der Waals surface area contributed by atoms with Gasteiger partial charge in [0.25, 0.3) is 0 Å². The maximum atomic E-state index is 12.5. The van der Waals surface area contributed by atoms with Crippen LogP contribution in [0.2, 0.25) is 0 Å². The third-order valence-corrected chi connectivity index (χ3v) is 17.3. The lowest BCUT2D eigenvalue weighted by molar-refractivity contribution is -0.143. The predicted molar refractivity (Wildman–Crippen MR) is 347 cm³/mol. The Bertz CT molecular complexity index is 1190. The molecule has 470 valence electrons. The van der Waals surface area contributed by atoms with Crippen LogP contribution in [0.5, 0.6) is 0 Å². The Morgan fingerprint density at radius 2 is 0.595 bits per heavy atom. The largest absolute Gasteiger partial charge is 0.466 e. The quantitative estimate of drug-likeness (QED) is 0.0320. The van der Waals surface area contributed by atoms with Gasteiger partial charge in [0.1, 0.15) is 0 Å². The number of carbonyl (C=O) groups excluding carboxylic acids is 2. The highest BCUT2D eigenvalue weighted by molar-refractivity contribution is 5.76. The number of aliphatic hydroxyl groups is 2. The minimum absolute atomic E-state index is 0.0176. The molecule has 0 aliphatic carbocycles. The molecule has 79 heavy (non-hydrogen) atoms. The van der Waals surface area contributed by atoms with Crippen molar-refractivity contribution in [3.05, 3.63) is 12.2 Å². The van der Waals surface area contributed by atoms with E-state index in [2.05, 4.69) is 31.3 Å². The molecule has 6 heteroatoms. The lowest BCUT2D eigenvalue weighted by atomic mass is 10.0. The van der Waals surface area contributed by atoms with Crippen LogP contribution in [0.4, 0.5) is 0 Å². The molecule has 0 radical (unpaired) electrons. The Labute approximate surface area is 495 Å². The summed E-state index contributed by atoms with van der Waals surface area (Å²) in [5.74, 6) is -0.0103. The molecule has 0 aliphatic heterocycles. The van der Waals surface area contributed by atoms with Crippen LogP contribution in [-0.4, -0.2) is 47.4 Å². The highest BCUT2D eigenvalue weighted by Crippen LogP contribution is 2.19. The first-order chi connectivity index (χ1) is 39.0. The number of ether oxygens (including phenoxy) is 1. The Kier molecular flexibility index (Phi) is 67.9. The van der Waals surface area contributed by atoms with Gasteiger partial charge < -0.3 is 20.3 Å². The van der Waals surface area contributed by atoms with E-state index in [1.807, 2.05) is 0 Å². The first-order valence-electron chi connectivity index (χ1n) is 36.4. The number of hydrogen-bond acceptors (Lipinski definition) is 5. The zero-order chi connectivity index (χ0) is 57.1. The molecule has 0 fully saturated rings. The van der Waals surface area contributed by atoms with Crippen molar-refractivity contribution in [3.63, 3.8) is 0 Å². The maximum Gasteiger partial charge on any atom is 0.305 e. The molecule has 3 N–H and O–H groups in total. The molecular formula is C73H143NO5. The molecule has 2 unspecified atom stereocenters. The summed E-state index contributed by atoms with van der Waals surface area (Å²) in [5.41, 5.74) is 0. The van der Waals surface area contributed by atoms with Gasteiger partial charge in [-0.3, -0.25) is 9.59 Å². The van der Waals surface area contributed by atoms with E-state index in [0.717, 1.165) is 44.9 Å². The number of rotatable bonds is 69. The number of esters is 1. The van der Waals surface area contributed by atoms with E-state index >= 15 is 0 Å². The van der Waals surface area contributed by atoms with Gasteiger partial charge in [-0.05, 0) is 51.4 Å². The van der Waals surface area contributed by atoms with E-state index in [4.69, 9.17) is 4.74 Å². The molecule has 0 bridgehead atoms. The Hall–Kier alpha value is -1.40. The number of aliphatic hydroxyl groups excluding tert-OH is 2. The average molecular weight is 1110 g/mol. The topological polar surface area (TPSA) is 95.9 Å². The Balaban J connectivity index is 3.31. The lowest BCUT2D eigenvalue weighted by Gasteiger charge is -2.22. The molecule has 6 nitrogen and oxygen atoms in total. The minimum atomic E-state index is -0.661. The van der Waals surface area contributed by atoms with Crippen LogP contribution in [-0.2, 0) is 14.3 Å². The van der Waals surface area contributed by atoms with Gasteiger partial charge in [0, 0.05) is 12.8 Å². The van der Waals surface area contributed by atoms with E-state index in [0.29, 0.717) is 25.9 Å². The number of allylic oxidation sites excluding steroid dienone is 2. The highest BCUT2D eigenvalue weighted by atomic mass is 16.5. The number of amides is 1. The summed E-state index contributed by atoms with van der Waals surface area (Å²) < 4.78 is 5.51. The van der Waals surface area contributed by atoms with Crippen molar-refractivity contribution >= 4 is 11.9 Å². The normalized spacial score (nSPS) is 12.5. The highest BCUT2D eigenvalue weighted by Gasteiger charge is 2.20. The van der Waals surface area contributed by atoms with Crippen molar-refractivity contribution in [2.45, 2.75) is 431 Å². The van der Waals surface area contributed by atoms with E-state index < -0.39 is 12.1 Å². The van der Waals surface area contributed by atoms with Gasteiger partial charge >= 0.3 is 5.97 Å². The molecular weight excluding hydrogens is 971 g/mol. The van der Waals surface area contributed by atoms with Crippen LogP contribution >= 0.6 is 0 Å². The van der Waals surface area contributed by atoms with Crippen molar-refractivity contribution in [2.24, 2.45) is 0 Å². The fourth-order valence-electron chi connectivity index (χ4n) is 11.8. The third-order valence-electron chi connectivity index (χ3n) is 17.3. The van der Waals surface area contributed by atoms with Gasteiger partial charge in [0.05, 0.1) is 25.4 Å². The van der Waals surface area contributed by atoms with Crippen LogP contribution in [0.15, 0.2) is 12.2 Å². The molecule has 0 spiro atoms. The molecule has 0 aromatic heterocycles. The van der Waals surface area contributed by atoms with Crippen molar-refractivity contribution in [2.75, 3.05) is 13.2 Å². The third kappa shape index (κ3) is 65.6. The van der Waals surface area contributed by atoms with E-state index in [-0.39, 0.29) is 18.5 Å². The fourth-order valence-corrected chi connectivity index (χ4v) is 11.8. The van der Waals surface area contributed by atoms with Crippen molar-refractivity contribution in [3.8, 4) is 0 Å². The zero-order valence-electron chi connectivity index (χ0n) is 53.9. The maximum absolute atomic E-state index is 12.5. The van der Waals surface area contributed by atoms with Gasteiger partial charge in [-0.1, -0.05) is 366 Å². The first kappa shape index (κ1) is 77.6. The standard InChI is InChI=1S/C73H143NO5/c1-3-5-7-9-11-13-15-17-19-20-35-39-43-47-51-55-59-63-67-73(78)79-68-64-60-56-52-48-44-40-36-33-31-29-27-25-23-21-22-24-26-28-30-32-34-38-42-46-50-54-58-62-66-72(77)74-70(69-75)71(76)65-61-57-53-49-45-41-37-18-16-14-12-10-8-6-4-2/h19-20,70-71,75-76H,3-18,21-69H2,1-2H3,(H,74,77)/b20-19-. The molecule has 0 aromatic carbocycles. The van der Waals surface area contributed by atoms with Crippen LogP contribution in [0, 0.1) is 0 Å². The zero-order valence-corrected chi connectivity index (χ0v) is 53.9. The first-order valence-corrected chi connectivity index (χ1v) is 36.4. The molecule has 0 saturated heterocycles. The summed E-state index contributed by atoms with van der Waals surface area (Å²) >= 11 is 0. The molecule has 1 amide bonds. The van der Waals surface area contributed by atoms with Gasteiger partial charge in [0.15, 0.2) is 0 Å². The number of unbranched alkanes of at least 4 members (excludes halogenated alkanes) is 56. The van der Waals surface area contributed by atoms with Gasteiger partial charge in [-0.15, -0.1) is 0 Å². The SMILES string of the molecule is CCCCCCCCC/C=C\CCCCCCCCCC(=O)OCCCCCCCCCCCCCCCCCCCCCCCCCCCCCCCC(=O)NC(CO)C(O)CCCCCCCCCCCCCCCCC. The summed E-state index contributed by atoms with van der Waals surface area (Å²) in [6.45, 7) is 4.99. The fraction of sp³-hybridized carbons (Fsp3) is 0.945. The second-order valence-electron chi connectivity index (χ2n) is 25.3. The van der Waals surface area contributed by atoms with Crippen LogP contribution in [0.25, 0.3) is 0 Å². The summed E-state index contributed by atoms with van der Waals surface area (Å²) in [5, 5.41) is 23.3. The van der Waals surface area contributed by atoms with Gasteiger partial charge in [0.2, 0.25) is 5.91 Å². The van der Waals surface area contributed by atoms with Gasteiger partial charge in [-0.2, -0.15) is 0 Å². The molecule has 0 heterocycles. The molecule has 0 saturated carbocycles. The second-order valence-corrected chi connectivity index (χ2v) is 25.3. The van der Waals surface area contributed by atoms with Gasteiger partial charge in [-0.25, -0.2) is 0 Å². The molecule has 2 atom stereocenters. The molecule has 0 aromatic rings. The average Bonchev–Trinajstić information content (AvgIpc) is 3.45. The molecule has 0 aliphatic rings. The van der Waals surface area contributed by atoms with Crippen LogP contribution in [0.1, 0.15) is 418 Å². The van der Waals surface area contributed by atoms with Crippen molar-refractivity contribution < 1.29 is 24.5 Å². The molecule has 0 rings (SSSR count). The van der Waals surface area contributed by atoms with Crippen molar-refractivity contribution in [1.29, 1.82) is 0 Å². The number of hydrogen-bond donors (Lipinski definition) is 3. The summed E-state index contributed by atoms with van der Waals surface area (Å²) in [6.07, 6.45) is 85.6. The summed E-state index contributed by atoms with van der Waals surface area (Å²) in [4.78, 5) is 24.6. The van der Waals surface area contributed by atoms with E-state index in [9.17, 15) is 19.8 Å². The number of carbonyl (C=O) groups is 2. The van der Waals surface area contributed by atoms with Crippen molar-refractivity contribution in [1.82, 2.24) is 5.32 Å². The minimum Gasteiger partial charge on any atom is -0.466 e. The Morgan fingerprint density at radius 3 is 0.899 bits per heavy atom.